The molecule has 1 N–H and O–H groups in total. The van der Waals surface area contributed by atoms with Crippen molar-refractivity contribution in [3.8, 4) is 5.75 Å². The third kappa shape index (κ3) is 2.89. The van der Waals surface area contributed by atoms with Gasteiger partial charge in [-0.2, -0.15) is 0 Å². The first-order valence-corrected chi connectivity index (χ1v) is 9.66. The number of halogens is 2. The molecule has 26 heavy (non-hydrogen) atoms. The molecule has 4 nitrogen and oxygen atoms in total. The van der Waals surface area contributed by atoms with Crippen molar-refractivity contribution in [3.05, 3.63) is 46.6 Å². The predicted molar refractivity (Wildman–Crippen MR) is 105 cm³/mol. The van der Waals surface area contributed by atoms with E-state index in [9.17, 15) is 5.11 Å². The summed E-state index contributed by atoms with van der Waals surface area (Å²) in [6.45, 7) is 5.90. The first-order valence-electron chi connectivity index (χ1n) is 8.90. The molecule has 3 saturated heterocycles. The van der Waals surface area contributed by atoms with E-state index in [4.69, 9.17) is 27.9 Å². The summed E-state index contributed by atoms with van der Waals surface area (Å²) in [7, 11) is 1.61. The molecule has 3 aliphatic rings. The zero-order chi connectivity index (χ0) is 18.4. The predicted octanol–water partition coefficient (Wildman–Crippen LogP) is 4.48. The normalized spacial score (nSPS) is 28.9. The summed E-state index contributed by atoms with van der Waals surface area (Å²) < 4.78 is 5.34. The molecule has 1 aromatic carbocycles. The zero-order valence-corrected chi connectivity index (χ0v) is 16.2. The second-order valence-corrected chi connectivity index (χ2v) is 7.94. The number of piperidine rings is 3. The van der Waals surface area contributed by atoms with Crippen LogP contribution in [0.4, 0.5) is 0 Å². The van der Waals surface area contributed by atoms with Crippen LogP contribution in [0.15, 0.2) is 30.9 Å². The minimum absolute atomic E-state index is 0.0234. The van der Waals surface area contributed by atoms with Gasteiger partial charge < -0.3 is 9.84 Å². The Morgan fingerprint density at radius 3 is 2.88 bits per heavy atom. The average Bonchev–Trinajstić information content (AvgIpc) is 2.68. The number of pyridine rings is 1. The number of aliphatic hydroxyl groups excluding tert-OH is 1. The van der Waals surface area contributed by atoms with Gasteiger partial charge in [0.1, 0.15) is 10.9 Å². The minimum Gasteiger partial charge on any atom is -0.497 e. The third-order valence-electron chi connectivity index (χ3n) is 5.94. The van der Waals surface area contributed by atoms with Crippen molar-refractivity contribution in [1.82, 2.24) is 9.88 Å². The van der Waals surface area contributed by atoms with Crippen LogP contribution in [-0.2, 0) is 0 Å². The molecule has 6 heteroatoms. The number of methoxy groups -OCH3 is 1. The van der Waals surface area contributed by atoms with E-state index in [-0.39, 0.29) is 11.2 Å². The largest absolute Gasteiger partial charge is 0.497 e. The summed E-state index contributed by atoms with van der Waals surface area (Å²) in [6.07, 6.45) is 3.40. The van der Waals surface area contributed by atoms with Gasteiger partial charge in [-0.15, -0.1) is 6.58 Å². The van der Waals surface area contributed by atoms with E-state index in [1.54, 1.807) is 7.11 Å². The van der Waals surface area contributed by atoms with Crippen molar-refractivity contribution in [2.45, 2.75) is 25.0 Å². The van der Waals surface area contributed by atoms with E-state index >= 15 is 0 Å². The highest BCUT2D eigenvalue weighted by Crippen LogP contribution is 2.44. The summed E-state index contributed by atoms with van der Waals surface area (Å²) in [5, 5.41) is 12.6. The lowest BCUT2D eigenvalue weighted by atomic mass is 9.73. The van der Waals surface area contributed by atoms with Crippen LogP contribution in [0.25, 0.3) is 10.9 Å². The SMILES string of the molecule is C=C[C@H]1CN2CCC1C[C@H]2[C@H](O)c1c(Cl)c(Cl)nc2ccc(OC)cc12. The molecule has 0 spiro atoms. The van der Waals surface area contributed by atoms with Gasteiger partial charge in [-0.25, -0.2) is 4.98 Å². The van der Waals surface area contributed by atoms with Crippen LogP contribution < -0.4 is 4.74 Å². The summed E-state index contributed by atoms with van der Waals surface area (Å²) in [5.74, 6) is 1.76. The lowest BCUT2D eigenvalue weighted by molar-refractivity contribution is -0.0444. The summed E-state index contributed by atoms with van der Waals surface area (Å²) >= 11 is 12.8. The van der Waals surface area contributed by atoms with Gasteiger partial charge in [0.25, 0.3) is 0 Å². The number of aromatic nitrogens is 1. The van der Waals surface area contributed by atoms with Crippen LogP contribution in [0, 0.1) is 11.8 Å². The van der Waals surface area contributed by atoms with Crippen molar-refractivity contribution in [1.29, 1.82) is 0 Å². The molecule has 5 atom stereocenters. The van der Waals surface area contributed by atoms with Crippen molar-refractivity contribution >= 4 is 34.1 Å². The van der Waals surface area contributed by atoms with E-state index in [1.807, 2.05) is 18.2 Å². The van der Waals surface area contributed by atoms with Crippen LogP contribution in [0.5, 0.6) is 5.75 Å². The molecule has 2 unspecified atom stereocenters. The fourth-order valence-corrected chi connectivity index (χ4v) is 4.98. The highest BCUT2D eigenvalue weighted by Gasteiger charge is 2.43. The lowest BCUT2D eigenvalue weighted by Gasteiger charge is -2.50. The van der Waals surface area contributed by atoms with Crippen molar-refractivity contribution in [2.75, 3.05) is 20.2 Å². The number of hydrogen-bond acceptors (Lipinski definition) is 4. The highest BCUT2D eigenvalue weighted by atomic mass is 35.5. The van der Waals surface area contributed by atoms with E-state index in [1.165, 1.54) is 0 Å². The van der Waals surface area contributed by atoms with E-state index in [2.05, 4.69) is 22.5 Å². The van der Waals surface area contributed by atoms with Gasteiger partial charge >= 0.3 is 0 Å². The second-order valence-electron chi connectivity index (χ2n) is 7.20. The molecular formula is C20H22Cl2N2O2. The van der Waals surface area contributed by atoms with Crippen LogP contribution in [-0.4, -0.2) is 41.2 Å². The van der Waals surface area contributed by atoms with Crippen molar-refractivity contribution in [2.24, 2.45) is 11.8 Å². The Hall–Kier alpha value is -1.33. The van der Waals surface area contributed by atoms with E-state index in [0.29, 0.717) is 33.7 Å². The molecule has 3 fully saturated rings. The number of rotatable bonds is 4. The standard InChI is InChI=1S/C20H22Cl2N2O2/c1-3-11-10-24-7-6-12(11)8-16(24)19(25)17-14-9-13(26-2)4-5-15(14)23-20(22)18(17)21/h3-5,9,11-12,16,19,25H,1,6-8,10H2,2H3/t11-,12?,16-,19-/m0/s1. The summed E-state index contributed by atoms with van der Waals surface area (Å²) in [5.41, 5.74) is 1.35. The first kappa shape index (κ1) is 18.1. The van der Waals surface area contributed by atoms with Gasteiger partial charge in [-0.05, 0) is 49.4 Å². The molecule has 0 aliphatic carbocycles. The Bertz CT molecular complexity index is 857. The highest BCUT2D eigenvalue weighted by molar-refractivity contribution is 6.42. The van der Waals surface area contributed by atoms with Crippen LogP contribution in [0.1, 0.15) is 24.5 Å². The summed E-state index contributed by atoms with van der Waals surface area (Å²) in [4.78, 5) is 6.71. The maximum Gasteiger partial charge on any atom is 0.148 e. The van der Waals surface area contributed by atoms with Crippen molar-refractivity contribution in [3.63, 3.8) is 0 Å². The lowest BCUT2D eigenvalue weighted by Crippen LogP contribution is -2.54. The average molecular weight is 393 g/mol. The molecule has 0 amide bonds. The van der Waals surface area contributed by atoms with Crippen LogP contribution >= 0.6 is 23.2 Å². The van der Waals surface area contributed by atoms with E-state index < -0.39 is 6.10 Å². The minimum atomic E-state index is -0.730. The maximum absolute atomic E-state index is 11.3. The molecule has 4 heterocycles. The van der Waals surface area contributed by atoms with Gasteiger partial charge in [0, 0.05) is 23.5 Å². The van der Waals surface area contributed by atoms with Crippen LogP contribution in [0.3, 0.4) is 0 Å². The van der Waals surface area contributed by atoms with Gasteiger partial charge in [-0.1, -0.05) is 29.3 Å². The maximum atomic E-state index is 11.3. The fraction of sp³-hybridized carbons (Fsp3) is 0.450. The molecule has 3 aliphatic heterocycles. The molecule has 5 rings (SSSR count). The number of hydrogen-bond donors (Lipinski definition) is 1. The topological polar surface area (TPSA) is 45.6 Å². The van der Waals surface area contributed by atoms with Crippen LogP contribution in [0.2, 0.25) is 10.2 Å². The number of nitrogens with zero attached hydrogens (tertiary/aromatic N) is 2. The molecule has 0 saturated carbocycles. The number of ether oxygens (including phenoxy) is 1. The monoisotopic (exact) mass is 392 g/mol. The quantitative estimate of drug-likeness (QED) is 0.615. The van der Waals surface area contributed by atoms with Gasteiger partial charge in [0.15, 0.2) is 0 Å². The Morgan fingerprint density at radius 1 is 1.42 bits per heavy atom. The molecule has 2 bridgehead atoms. The van der Waals surface area contributed by atoms with Crippen molar-refractivity contribution < 1.29 is 9.84 Å². The third-order valence-corrected chi connectivity index (χ3v) is 6.70. The van der Waals surface area contributed by atoms with E-state index in [0.717, 1.165) is 31.3 Å². The molecule has 2 aromatic rings. The smallest absolute Gasteiger partial charge is 0.148 e. The number of fused-ring (bicyclic) bond motifs is 4. The molecule has 0 radical (unpaired) electrons. The number of benzene rings is 1. The van der Waals surface area contributed by atoms with Gasteiger partial charge in [-0.3, -0.25) is 4.90 Å². The first-order chi connectivity index (χ1) is 12.5. The van der Waals surface area contributed by atoms with Gasteiger partial charge in [0.05, 0.1) is 23.8 Å². The summed E-state index contributed by atoms with van der Waals surface area (Å²) in [6, 6.07) is 5.56. The Kier molecular flexibility index (Phi) is 4.86. The Morgan fingerprint density at radius 2 is 2.23 bits per heavy atom. The second kappa shape index (κ2) is 7.01. The number of aliphatic hydroxyl groups is 1. The Balaban J connectivity index is 1.78. The molecular weight excluding hydrogens is 371 g/mol. The molecule has 138 valence electrons. The molecule has 1 aromatic heterocycles. The fourth-order valence-electron chi connectivity index (χ4n) is 4.53. The Labute approximate surface area is 163 Å². The van der Waals surface area contributed by atoms with Gasteiger partial charge in [0.2, 0.25) is 0 Å². The zero-order valence-electron chi connectivity index (χ0n) is 14.7.